The maximum absolute atomic E-state index is 13.6. The van der Waals surface area contributed by atoms with Gasteiger partial charge in [-0.3, -0.25) is 14.4 Å². The molecule has 1 aliphatic heterocycles. The molecule has 1 aliphatic rings. The number of ether oxygens (including phenoxy) is 1. The van der Waals surface area contributed by atoms with E-state index in [1.165, 1.54) is 23.3 Å². The molecule has 1 aromatic heterocycles. The highest BCUT2D eigenvalue weighted by molar-refractivity contribution is 5.86. The van der Waals surface area contributed by atoms with Gasteiger partial charge in [-0.25, -0.2) is 4.39 Å². The Balaban J connectivity index is 1.60. The van der Waals surface area contributed by atoms with E-state index < -0.39 is 0 Å². The molecule has 2 amide bonds. The summed E-state index contributed by atoms with van der Waals surface area (Å²) in [6.45, 7) is 4.58. The Kier molecular flexibility index (Phi) is 8.15. The van der Waals surface area contributed by atoms with Gasteiger partial charge in [-0.2, -0.15) is 0 Å². The third-order valence-electron chi connectivity index (χ3n) is 6.33. The SMILES string of the molecule is CC(C)C(=O)N(CC(=O)N(Cc1ccc(F)cc1)Cc1coc2ccccc2c1=O)CC1CCCO1. The highest BCUT2D eigenvalue weighted by Gasteiger charge is 2.28. The van der Waals surface area contributed by atoms with Crippen molar-refractivity contribution in [2.45, 2.75) is 45.9 Å². The van der Waals surface area contributed by atoms with Crippen LogP contribution in [0.25, 0.3) is 11.0 Å². The monoisotopic (exact) mass is 494 g/mol. The van der Waals surface area contributed by atoms with E-state index in [-0.39, 0.29) is 54.7 Å². The molecule has 0 bridgehead atoms. The van der Waals surface area contributed by atoms with E-state index in [0.29, 0.717) is 35.2 Å². The van der Waals surface area contributed by atoms with Crippen molar-refractivity contribution in [3.8, 4) is 0 Å². The van der Waals surface area contributed by atoms with Crippen LogP contribution in [0.15, 0.2) is 64.0 Å². The van der Waals surface area contributed by atoms with Crippen LogP contribution in [0.1, 0.15) is 37.8 Å². The number of nitrogens with zero attached hydrogens (tertiary/aromatic N) is 2. The molecule has 1 saturated heterocycles. The lowest BCUT2D eigenvalue weighted by Gasteiger charge is -2.30. The molecule has 0 radical (unpaired) electrons. The van der Waals surface area contributed by atoms with E-state index in [0.717, 1.165) is 12.8 Å². The van der Waals surface area contributed by atoms with Gasteiger partial charge in [-0.05, 0) is 42.7 Å². The summed E-state index contributed by atoms with van der Waals surface area (Å²) in [6.07, 6.45) is 3.04. The molecule has 190 valence electrons. The molecule has 8 heteroatoms. The lowest BCUT2D eigenvalue weighted by Crippen LogP contribution is -2.46. The summed E-state index contributed by atoms with van der Waals surface area (Å²) >= 11 is 0. The predicted octanol–water partition coefficient (Wildman–Crippen LogP) is 4.12. The van der Waals surface area contributed by atoms with Gasteiger partial charge in [0.25, 0.3) is 0 Å². The Morgan fingerprint density at radius 3 is 2.50 bits per heavy atom. The van der Waals surface area contributed by atoms with Crippen molar-refractivity contribution in [2.75, 3.05) is 19.7 Å². The molecule has 2 heterocycles. The quantitative estimate of drug-likeness (QED) is 0.447. The smallest absolute Gasteiger partial charge is 0.242 e. The Bertz CT molecular complexity index is 1260. The van der Waals surface area contributed by atoms with Gasteiger partial charge in [0.15, 0.2) is 5.43 Å². The first-order valence-electron chi connectivity index (χ1n) is 12.2. The molecule has 0 spiro atoms. The third-order valence-corrected chi connectivity index (χ3v) is 6.33. The van der Waals surface area contributed by atoms with Crippen LogP contribution < -0.4 is 5.43 Å². The zero-order valence-corrected chi connectivity index (χ0v) is 20.6. The van der Waals surface area contributed by atoms with Gasteiger partial charge >= 0.3 is 0 Å². The summed E-state index contributed by atoms with van der Waals surface area (Å²) in [7, 11) is 0. The topological polar surface area (TPSA) is 80.1 Å². The number of fused-ring (bicyclic) bond motifs is 1. The molecule has 0 N–H and O–H groups in total. The average Bonchev–Trinajstić information content (AvgIpc) is 3.38. The summed E-state index contributed by atoms with van der Waals surface area (Å²) in [5.41, 5.74) is 1.27. The maximum atomic E-state index is 13.6. The van der Waals surface area contributed by atoms with Crippen molar-refractivity contribution in [1.82, 2.24) is 9.80 Å². The summed E-state index contributed by atoms with van der Waals surface area (Å²) in [5, 5.41) is 0.430. The van der Waals surface area contributed by atoms with Crippen LogP contribution in [0.2, 0.25) is 0 Å². The van der Waals surface area contributed by atoms with Gasteiger partial charge < -0.3 is 19.0 Å². The van der Waals surface area contributed by atoms with Crippen LogP contribution in [-0.4, -0.2) is 47.4 Å². The fourth-order valence-corrected chi connectivity index (χ4v) is 4.37. The van der Waals surface area contributed by atoms with E-state index in [9.17, 15) is 18.8 Å². The molecule has 4 rings (SSSR count). The molecule has 1 unspecified atom stereocenters. The minimum atomic E-state index is -0.378. The van der Waals surface area contributed by atoms with Gasteiger partial charge in [-0.1, -0.05) is 38.1 Å². The van der Waals surface area contributed by atoms with Crippen LogP contribution in [0, 0.1) is 11.7 Å². The normalized spacial score (nSPS) is 15.4. The number of benzene rings is 2. The minimum absolute atomic E-state index is 0.00693. The Labute approximate surface area is 209 Å². The van der Waals surface area contributed by atoms with Gasteiger partial charge in [-0.15, -0.1) is 0 Å². The molecule has 3 aromatic rings. The Hall–Kier alpha value is -3.52. The standard InChI is InChI=1S/C28H31FN2O5/c1-19(2)28(34)31(16-23-6-5-13-35-23)17-26(32)30(14-20-9-11-22(29)12-10-20)15-21-18-36-25-8-4-3-7-24(25)27(21)33/h3-4,7-12,18-19,23H,5-6,13-17H2,1-2H3. The summed E-state index contributed by atoms with van der Waals surface area (Å²) in [6, 6.07) is 12.8. The van der Waals surface area contributed by atoms with Crippen LogP contribution in [0.5, 0.6) is 0 Å². The molecule has 0 aliphatic carbocycles. The number of rotatable bonds is 9. The van der Waals surface area contributed by atoms with Crippen molar-refractivity contribution in [3.63, 3.8) is 0 Å². The number of carbonyl (C=O) groups is 2. The number of para-hydroxylation sites is 1. The number of carbonyl (C=O) groups excluding carboxylic acids is 2. The minimum Gasteiger partial charge on any atom is -0.464 e. The summed E-state index contributed by atoms with van der Waals surface area (Å²) < 4.78 is 24.8. The molecular formula is C28H31FN2O5. The van der Waals surface area contributed by atoms with Crippen LogP contribution in [0.4, 0.5) is 4.39 Å². The zero-order valence-electron chi connectivity index (χ0n) is 20.6. The van der Waals surface area contributed by atoms with Crippen molar-refractivity contribution < 1.29 is 23.1 Å². The number of hydrogen-bond acceptors (Lipinski definition) is 5. The van der Waals surface area contributed by atoms with Crippen LogP contribution in [0.3, 0.4) is 0 Å². The van der Waals surface area contributed by atoms with E-state index in [1.807, 2.05) is 0 Å². The van der Waals surface area contributed by atoms with E-state index in [1.54, 1.807) is 55.1 Å². The Morgan fingerprint density at radius 2 is 1.81 bits per heavy atom. The van der Waals surface area contributed by atoms with Gasteiger partial charge in [0.2, 0.25) is 11.8 Å². The molecule has 1 atom stereocenters. The van der Waals surface area contributed by atoms with E-state index in [2.05, 4.69) is 0 Å². The fourth-order valence-electron chi connectivity index (χ4n) is 4.37. The van der Waals surface area contributed by atoms with Crippen molar-refractivity contribution in [3.05, 3.63) is 82.0 Å². The third kappa shape index (κ3) is 6.18. The first kappa shape index (κ1) is 25.6. The molecule has 2 aromatic carbocycles. The largest absolute Gasteiger partial charge is 0.464 e. The molecule has 36 heavy (non-hydrogen) atoms. The number of amides is 2. The van der Waals surface area contributed by atoms with Crippen molar-refractivity contribution in [1.29, 1.82) is 0 Å². The lowest BCUT2D eigenvalue weighted by atomic mass is 10.1. The van der Waals surface area contributed by atoms with E-state index >= 15 is 0 Å². The average molecular weight is 495 g/mol. The Morgan fingerprint density at radius 1 is 1.06 bits per heavy atom. The molecule has 7 nitrogen and oxygen atoms in total. The molecular weight excluding hydrogens is 463 g/mol. The van der Waals surface area contributed by atoms with Gasteiger partial charge in [0.05, 0.1) is 36.4 Å². The highest BCUT2D eigenvalue weighted by Crippen LogP contribution is 2.17. The second-order valence-electron chi connectivity index (χ2n) is 9.47. The van der Waals surface area contributed by atoms with Crippen molar-refractivity contribution in [2.24, 2.45) is 5.92 Å². The van der Waals surface area contributed by atoms with Gasteiger partial charge in [0, 0.05) is 25.6 Å². The van der Waals surface area contributed by atoms with E-state index in [4.69, 9.17) is 9.15 Å². The highest BCUT2D eigenvalue weighted by atomic mass is 19.1. The van der Waals surface area contributed by atoms with Crippen LogP contribution in [-0.2, 0) is 27.4 Å². The molecule has 1 fully saturated rings. The fraction of sp³-hybridized carbons (Fsp3) is 0.393. The van der Waals surface area contributed by atoms with Crippen LogP contribution >= 0.6 is 0 Å². The first-order chi connectivity index (χ1) is 17.3. The summed E-state index contributed by atoms with van der Waals surface area (Å²) in [5.74, 6) is -1.11. The van der Waals surface area contributed by atoms with Crippen molar-refractivity contribution >= 4 is 22.8 Å². The number of hydrogen-bond donors (Lipinski definition) is 0. The maximum Gasteiger partial charge on any atom is 0.242 e. The first-order valence-corrected chi connectivity index (χ1v) is 12.2. The number of halogens is 1. The second kappa shape index (κ2) is 11.5. The summed E-state index contributed by atoms with van der Waals surface area (Å²) in [4.78, 5) is 42.7. The predicted molar refractivity (Wildman–Crippen MR) is 134 cm³/mol. The lowest BCUT2D eigenvalue weighted by molar-refractivity contribution is -0.144. The second-order valence-corrected chi connectivity index (χ2v) is 9.47. The van der Waals surface area contributed by atoms with Gasteiger partial charge in [0.1, 0.15) is 11.4 Å². The molecule has 0 saturated carbocycles. The zero-order chi connectivity index (χ0) is 25.7.